The van der Waals surface area contributed by atoms with Crippen LogP contribution in [0.5, 0.6) is 0 Å². The molecule has 0 spiro atoms. The summed E-state index contributed by atoms with van der Waals surface area (Å²) in [6, 6.07) is 127. The summed E-state index contributed by atoms with van der Waals surface area (Å²) in [6.45, 7) is 0. The molecule has 0 saturated heterocycles. The standard InChI is InChI=1S/C51H30N4.C39H22N4.C25H14N6/c1-3-11-33-27-37(19-17-31(33)9-1)47-39-13-5-6-14-40(39)48(38-20-18-32-10-2-4-12-34(32)28-38)43-29-35(21-23-41(43)47)36-22-24-46-44(30-36)54-51-50-49(52-25-26-53-50)42-15-7-8-16-45(42)55(46)51;1-4-25-12-13-27-14-17-29(30-18-15-26(5-1)35(25)36(27)30)24-10-8-23(9-11-24)28-16-19-33-32(22-28)42-39-31-6-2-20-40-37(31)38-34(43(33)39)7-3-21-41-38;1-2-4-16-13-17(6-5-15(16)3-1)18-7-8-20-19(14-18)30-25-23-21(26-9-10-28-23)22-24(31(20)25)29-12-11-27-22/h1-30H;1-22H;1-14H. The van der Waals surface area contributed by atoms with Crippen molar-refractivity contribution in [3.63, 3.8) is 0 Å². The first-order chi connectivity index (χ1) is 63.9. The maximum atomic E-state index is 5.22. The van der Waals surface area contributed by atoms with Crippen molar-refractivity contribution in [2.24, 2.45) is 0 Å². The van der Waals surface area contributed by atoms with Crippen LogP contribution in [0.2, 0.25) is 0 Å². The first-order valence-corrected chi connectivity index (χ1v) is 43.2. The Kier molecular flexibility index (Phi) is 15.8. The van der Waals surface area contributed by atoms with E-state index in [2.05, 4.69) is 378 Å². The Hall–Kier alpha value is -17.8. The van der Waals surface area contributed by atoms with E-state index in [-0.39, 0.29) is 0 Å². The molecule has 0 radical (unpaired) electrons. The largest absolute Gasteiger partial charge is 0.290 e. The average Bonchev–Trinajstić information content (AvgIpc) is 1.61. The molecule has 0 bridgehead atoms. The molecule has 18 aromatic carbocycles. The highest BCUT2D eigenvalue weighted by molar-refractivity contribution is 6.27. The van der Waals surface area contributed by atoms with Crippen LogP contribution in [0.4, 0.5) is 0 Å². The highest BCUT2D eigenvalue weighted by Gasteiger charge is 2.24. The molecule has 596 valence electrons. The van der Waals surface area contributed by atoms with Crippen LogP contribution in [0.25, 0.3) is 269 Å². The van der Waals surface area contributed by atoms with Gasteiger partial charge in [0.05, 0.1) is 44.1 Å². The summed E-state index contributed by atoms with van der Waals surface area (Å²) in [7, 11) is 0. The molecule has 0 atom stereocenters. The van der Waals surface area contributed by atoms with Gasteiger partial charge in [0.15, 0.2) is 16.9 Å². The van der Waals surface area contributed by atoms with Gasteiger partial charge in [-0.1, -0.05) is 261 Å². The van der Waals surface area contributed by atoms with E-state index in [1.54, 1.807) is 37.2 Å². The molecule has 14 heteroatoms. The molecule has 11 aromatic heterocycles. The normalized spacial score (nSPS) is 12.0. The van der Waals surface area contributed by atoms with Gasteiger partial charge in [-0.2, -0.15) is 0 Å². The lowest BCUT2D eigenvalue weighted by Crippen LogP contribution is -1.97. The van der Waals surface area contributed by atoms with Crippen LogP contribution in [0.3, 0.4) is 0 Å². The molecule has 0 saturated carbocycles. The average molecular weight is 1640 g/mol. The minimum absolute atomic E-state index is 0.711. The van der Waals surface area contributed by atoms with Crippen molar-refractivity contribution in [2.75, 3.05) is 0 Å². The molecule has 0 aliphatic heterocycles. The van der Waals surface area contributed by atoms with Crippen LogP contribution in [0.15, 0.2) is 401 Å². The summed E-state index contributed by atoms with van der Waals surface area (Å²) in [5, 5.41) is 22.3. The molecule has 0 amide bonds. The van der Waals surface area contributed by atoms with Crippen molar-refractivity contribution in [3.8, 4) is 66.8 Å². The third-order valence-electron chi connectivity index (χ3n) is 26.2. The number of pyridine rings is 5. The molecule has 29 aromatic rings. The van der Waals surface area contributed by atoms with E-state index in [9.17, 15) is 0 Å². The summed E-state index contributed by atoms with van der Waals surface area (Å²) in [5.74, 6) is 0. The zero-order chi connectivity index (χ0) is 84.5. The Morgan fingerprint density at radius 1 is 0.163 bits per heavy atom. The highest BCUT2D eigenvalue weighted by atomic mass is 15.1. The lowest BCUT2D eigenvalue weighted by molar-refractivity contribution is 1.17. The first-order valence-electron chi connectivity index (χ1n) is 43.2. The molecule has 11 heterocycles. The van der Waals surface area contributed by atoms with Crippen LogP contribution in [-0.2, 0) is 0 Å². The van der Waals surface area contributed by atoms with E-state index < -0.39 is 0 Å². The molecular formula is C115H66N14. The Morgan fingerprint density at radius 3 is 1.19 bits per heavy atom. The fourth-order valence-corrected chi connectivity index (χ4v) is 20.3. The van der Waals surface area contributed by atoms with Gasteiger partial charge in [-0.05, 0) is 244 Å². The smallest absolute Gasteiger partial charge is 0.167 e. The Morgan fingerprint density at radius 2 is 0.535 bits per heavy atom. The minimum atomic E-state index is 0.711. The van der Waals surface area contributed by atoms with Crippen molar-refractivity contribution >= 4 is 202 Å². The second-order valence-electron chi connectivity index (χ2n) is 33.2. The van der Waals surface area contributed by atoms with Crippen molar-refractivity contribution in [2.45, 2.75) is 0 Å². The fourth-order valence-electron chi connectivity index (χ4n) is 20.3. The van der Waals surface area contributed by atoms with Gasteiger partial charge in [-0.25, -0.2) is 34.9 Å². The van der Waals surface area contributed by atoms with Crippen LogP contribution < -0.4 is 0 Å². The van der Waals surface area contributed by atoms with Crippen molar-refractivity contribution < 1.29 is 0 Å². The Balaban J connectivity index is 0.000000104. The molecule has 0 aliphatic rings. The number of imidazole rings is 3. The molecule has 0 unspecified atom stereocenters. The quantitative estimate of drug-likeness (QED) is 0.115. The molecule has 29 rings (SSSR count). The van der Waals surface area contributed by atoms with E-state index in [0.717, 1.165) is 138 Å². The summed E-state index contributed by atoms with van der Waals surface area (Å²) >= 11 is 0. The summed E-state index contributed by atoms with van der Waals surface area (Å²) in [5.41, 5.74) is 30.9. The van der Waals surface area contributed by atoms with Gasteiger partial charge in [-0.15, -0.1) is 0 Å². The van der Waals surface area contributed by atoms with Crippen molar-refractivity contribution in [3.05, 3.63) is 401 Å². The summed E-state index contributed by atoms with van der Waals surface area (Å²) in [4.78, 5) is 52.3. The molecule has 129 heavy (non-hydrogen) atoms. The van der Waals surface area contributed by atoms with Crippen molar-refractivity contribution in [1.82, 2.24) is 68.0 Å². The maximum absolute atomic E-state index is 5.22. The molecule has 0 N–H and O–H groups in total. The SMILES string of the molecule is c1cc2ccc3ccc(-c4ccc(-c5ccc6c(c5)nc5c7cccnc7c7ncccc7n65)cc4)c4ccc(c1)c2c34.c1ccc2cc(-c3c4ccccc4c(-c4ccc5ccccc5c4)c4cc(-c5ccc6c(c5)nc5c7nccnc7c7ccccc7n65)ccc34)ccc2c1.c1ccc2cc(-c3ccc4c(c3)nc3c5nccnc5c5nccnc5n43)ccc2c1. The van der Waals surface area contributed by atoms with Crippen molar-refractivity contribution in [1.29, 1.82) is 0 Å². The lowest BCUT2D eigenvalue weighted by atomic mass is 9.84. The number of aromatic nitrogens is 14. The predicted octanol–water partition coefficient (Wildman–Crippen LogP) is 28.2. The zero-order valence-electron chi connectivity index (χ0n) is 68.9. The van der Waals surface area contributed by atoms with Crippen LogP contribution in [0, 0.1) is 0 Å². The summed E-state index contributed by atoms with van der Waals surface area (Å²) < 4.78 is 6.47. The third-order valence-corrected chi connectivity index (χ3v) is 26.2. The Bertz CT molecular complexity index is 9810. The van der Waals surface area contributed by atoms with Crippen LogP contribution in [0.1, 0.15) is 0 Å². The van der Waals surface area contributed by atoms with Gasteiger partial charge in [0.25, 0.3) is 0 Å². The highest BCUT2D eigenvalue weighted by Crippen LogP contribution is 2.48. The summed E-state index contributed by atoms with van der Waals surface area (Å²) in [6.07, 6.45) is 13.9. The number of rotatable bonds is 6. The Labute approximate surface area is 733 Å². The lowest BCUT2D eigenvalue weighted by Gasteiger charge is -2.19. The number of para-hydroxylation sites is 1. The van der Waals surface area contributed by atoms with Gasteiger partial charge in [-0.3, -0.25) is 33.1 Å². The number of hydrogen-bond acceptors (Lipinski definition) is 11. The van der Waals surface area contributed by atoms with E-state index in [1.807, 2.05) is 28.9 Å². The monoisotopic (exact) mass is 1640 g/mol. The molecule has 14 nitrogen and oxygen atoms in total. The first kappa shape index (κ1) is 71.8. The van der Waals surface area contributed by atoms with E-state index in [1.165, 1.54) is 125 Å². The van der Waals surface area contributed by atoms with Gasteiger partial charge >= 0.3 is 0 Å². The molecular weight excluding hydrogens is 1580 g/mol. The minimum Gasteiger partial charge on any atom is -0.290 e. The number of nitrogens with zero attached hydrogens (tertiary/aromatic N) is 14. The van der Waals surface area contributed by atoms with Crippen LogP contribution in [-0.4, -0.2) is 68.0 Å². The molecule has 0 aliphatic carbocycles. The number of hydrogen-bond donors (Lipinski definition) is 0. The van der Waals surface area contributed by atoms with Gasteiger partial charge in [0, 0.05) is 60.3 Å². The predicted molar refractivity (Wildman–Crippen MR) is 529 cm³/mol. The van der Waals surface area contributed by atoms with E-state index >= 15 is 0 Å². The van der Waals surface area contributed by atoms with Gasteiger partial charge < -0.3 is 0 Å². The van der Waals surface area contributed by atoms with E-state index in [4.69, 9.17) is 24.9 Å². The van der Waals surface area contributed by atoms with Gasteiger partial charge in [0.1, 0.15) is 44.3 Å². The zero-order valence-corrected chi connectivity index (χ0v) is 68.9. The second kappa shape index (κ2) is 28.4. The maximum Gasteiger partial charge on any atom is 0.167 e. The second-order valence-corrected chi connectivity index (χ2v) is 33.2. The topological polar surface area (TPSA) is 155 Å². The third kappa shape index (κ3) is 11.3. The van der Waals surface area contributed by atoms with Gasteiger partial charge in [0.2, 0.25) is 0 Å². The van der Waals surface area contributed by atoms with E-state index in [0.29, 0.717) is 5.52 Å². The molecule has 0 fully saturated rings. The van der Waals surface area contributed by atoms with Crippen LogP contribution >= 0.6 is 0 Å². The fraction of sp³-hybridized carbons (Fsp3) is 0. The number of benzene rings is 18. The number of fused-ring (bicyclic) bond motifs is 29.